The van der Waals surface area contributed by atoms with Gasteiger partial charge in [0, 0.05) is 18.7 Å². The molecule has 1 unspecified atom stereocenters. The minimum atomic E-state index is -4.82. The molecular weight excluding hydrogens is 507 g/mol. The fraction of sp³-hybridized carbons (Fsp3) is 0.320. The van der Waals surface area contributed by atoms with E-state index in [9.17, 15) is 32.3 Å². The standard InChI is InChI=1S/C25H24F3N5O5/c1-14-30-19-10-5-15(13-29-23(37)31-16-6-8-17(9-7-16)38-25(26,27)28)12-18(19)21(35)33(14)24(2)11-3-4-20(34)32-22(24)36/h5-10,12H,3-4,11,13H2,1-2H3,(H2,29,31,37)(H,32,34,36). The summed E-state index contributed by atoms with van der Waals surface area (Å²) in [5.74, 6) is -1.06. The van der Waals surface area contributed by atoms with Crippen LogP contribution in [0.5, 0.6) is 5.75 Å². The summed E-state index contributed by atoms with van der Waals surface area (Å²) in [5.41, 5.74) is -0.532. The van der Waals surface area contributed by atoms with Gasteiger partial charge in [-0.1, -0.05) is 6.07 Å². The minimum absolute atomic E-state index is 0.0244. The van der Waals surface area contributed by atoms with E-state index < -0.39 is 41.1 Å². The number of carbonyl (C=O) groups excluding carboxylic acids is 3. The smallest absolute Gasteiger partial charge is 0.406 e. The van der Waals surface area contributed by atoms with Gasteiger partial charge in [-0.25, -0.2) is 9.78 Å². The average molecular weight is 531 g/mol. The van der Waals surface area contributed by atoms with Gasteiger partial charge in [0.25, 0.3) is 11.5 Å². The van der Waals surface area contributed by atoms with E-state index in [1.54, 1.807) is 32.0 Å². The van der Waals surface area contributed by atoms with E-state index in [0.29, 0.717) is 23.3 Å². The molecule has 0 bridgehead atoms. The number of nitrogens with one attached hydrogen (secondary N) is 3. The molecule has 4 amide bonds. The van der Waals surface area contributed by atoms with Crippen molar-refractivity contribution in [1.29, 1.82) is 0 Å². The number of ether oxygens (including phenoxy) is 1. The maximum atomic E-state index is 13.5. The van der Waals surface area contributed by atoms with Crippen molar-refractivity contribution in [3.63, 3.8) is 0 Å². The first-order valence-corrected chi connectivity index (χ1v) is 11.6. The number of aryl methyl sites for hydroxylation is 1. The highest BCUT2D eigenvalue weighted by Gasteiger charge is 2.40. The molecular formula is C25H24F3N5O5. The number of aromatic nitrogens is 2. The Morgan fingerprint density at radius 2 is 1.87 bits per heavy atom. The topological polar surface area (TPSA) is 131 Å². The molecule has 10 nitrogen and oxygen atoms in total. The number of amides is 4. The van der Waals surface area contributed by atoms with Crippen molar-refractivity contribution in [1.82, 2.24) is 20.2 Å². The van der Waals surface area contributed by atoms with Gasteiger partial charge in [0.1, 0.15) is 17.1 Å². The number of alkyl halides is 3. The number of hydrogen-bond acceptors (Lipinski definition) is 6. The van der Waals surface area contributed by atoms with Crippen LogP contribution in [0.2, 0.25) is 0 Å². The van der Waals surface area contributed by atoms with Crippen LogP contribution in [0, 0.1) is 6.92 Å². The maximum Gasteiger partial charge on any atom is 0.573 e. The number of benzene rings is 2. The molecule has 1 aliphatic rings. The predicted molar refractivity (Wildman–Crippen MR) is 130 cm³/mol. The van der Waals surface area contributed by atoms with Crippen LogP contribution >= 0.6 is 0 Å². The molecule has 38 heavy (non-hydrogen) atoms. The fourth-order valence-electron chi connectivity index (χ4n) is 4.38. The fourth-order valence-corrected chi connectivity index (χ4v) is 4.38. The third-order valence-electron chi connectivity index (χ3n) is 6.20. The molecule has 0 spiro atoms. The van der Waals surface area contributed by atoms with Crippen molar-refractivity contribution in [3.8, 4) is 5.75 Å². The number of carbonyl (C=O) groups is 3. The quantitative estimate of drug-likeness (QED) is 0.432. The van der Waals surface area contributed by atoms with Crippen molar-refractivity contribution in [2.45, 2.75) is 51.6 Å². The molecule has 0 saturated carbocycles. The van der Waals surface area contributed by atoms with Crippen molar-refractivity contribution in [2.24, 2.45) is 0 Å². The van der Waals surface area contributed by atoms with Gasteiger partial charge in [0.05, 0.1) is 10.9 Å². The van der Waals surface area contributed by atoms with Crippen LogP contribution in [0.1, 0.15) is 37.6 Å². The van der Waals surface area contributed by atoms with Gasteiger partial charge in [0.15, 0.2) is 0 Å². The molecule has 0 radical (unpaired) electrons. The number of rotatable bonds is 5. The van der Waals surface area contributed by atoms with Gasteiger partial charge in [-0.05, 0) is 68.7 Å². The highest BCUT2D eigenvalue weighted by atomic mass is 19.4. The van der Waals surface area contributed by atoms with E-state index >= 15 is 0 Å². The molecule has 1 atom stereocenters. The molecule has 3 N–H and O–H groups in total. The SMILES string of the molecule is Cc1nc2ccc(CNC(=O)Nc3ccc(OC(F)(F)F)cc3)cc2c(=O)n1C1(C)CCCC(=O)NC1=O. The summed E-state index contributed by atoms with van der Waals surface area (Å²) in [6, 6.07) is 8.89. The molecule has 0 aliphatic carbocycles. The van der Waals surface area contributed by atoms with Crippen LogP contribution in [0.4, 0.5) is 23.7 Å². The molecule has 4 rings (SSSR count). The van der Waals surface area contributed by atoms with Gasteiger partial charge in [-0.3, -0.25) is 24.3 Å². The Bertz CT molecular complexity index is 1470. The number of anilines is 1. The second-order valence-corrected chi connectivity index (χ2v) is 9.04. The maximum absolute atomic E-state index is 13.5. The summed E-state index contributed by atoms with van der Waals surface area (Å²) in [5, 5.41) is 7.67. The highest BCUT2D eigenvalue weighted by Crippen LogP contribution is 2.27. The number of fused-ring (bicyclic) bond motifs is 1. The molecule has 1 aromatic heterocycles. The number of imide groups is 1. The van der Waals surface area contributed by atoms with E-state index in [0.717, 1.165) is 12.1 Å². The average Bonchev–Trinajstić information content (AvgIpc) is 2.95. The molecule has 1 fully saturated rings. The Morgan fingerprint density at radius 3 is 2.55 bits per heavy atom. The normalized spacial score (nSPS) is 18.0. The Balaban J connectivity index is 1.51. The number of hydrogen-bond donors (Lipinski definition) is 3. The van der Waals surface area contributed by atoms with Gasteiger partial charge in [-0.2, -0.15) is 0 Å². The lowest BCUT2D eigenvalue weighted by Crippen LogP contribution is -2.51. The minimum Gasteiger partial charge on any atom is -0.406 e. The van der Waals surface area contributed by atoms with Crippen LogP contribution in [-0.4, -0.2) is 33.8 Å². The predicted octanol–water partition coefficient (Wildman–Crippen LogP) is 3.47. The summed E-state index contributed by atoms with van der Waals surface area (Å²) >= 11 is 0. The summed E-state index contributed by atoms with van der Waals surface area (Å²) in [7, 11) is 0. The van der Waals surface area contributed by atoms with E-state index in [1.165, 1.54) is 16.7 Å². The Labute approximate surface area is 214 Å². The first kappa shape index (κ1) is 26.6. The summed E-state index contributed by atoms with van der Waals surface area (Å²) in [6.45, 7) is 3.24. The van der Waals surface area contributed by atoms with E-state index in [1.807, 2.05) is 0 Å². The Kier molecular flexibility index (Phi) is 7.11. The van der Waals surface area contributed by atoms with Crippen LogP contribution in [0.15, 0.2) is 47.3 Å². The Hall–Kier alpha value is -4.42. The molecule has 3 aromatic rings. The van der Waals surface area contributed by atoms with Crippen LogP contribution < -0.4 is 26.2 Å². The second kappa shape index (κ2) is 10.1. The van der Waals surface area contributed by atoms with Gasteiger partial charge in [-0.15, -0.1) is 13.2 Å². The molecule has 2 aromatic carbocycles. The molecule has 13 heteroatoms. The summed E-state index contributed by atoms with van der Waals surface area (Å²) in [4.78, 5) is 54.9. The lowest BCUT2D eigenvalue weighted by Gasteiger charge is -2.30. The first-order chi connectivity index (χ1) is 17.9. The third-order valence-corrected chi connectivity index (χ3v) is 6.20. The van der Waals surface area contributed by atoms with Crippen molar-refractivity contribution in [3.05, 3.63) is 64.2 Å². The number of halogens is 3. The molecule has 1 aliphatic heterocycles. The number of nitrogens with zero attached hydrogens (tertiary/aromatic N) is 2. The van der Waals surface area contributed by atoms with Crippen molar-refractivity contribution >= 4 is 34.4 Å². The lowest BCUT2D eigenvalue weighted by molar-refractivity contribution is -0.274. The van der Waals surface area contributed by atoms with Gasteiger partial charge < -0.3 is 15.4 Å². The highest BCUT2D eigenvalue weighted by molar-refractivity contribution is 5.99. The largest absolute Gasteiger partial charge is 0.573 e. The van der Waals surface area contributed by atoms with Gasteiger partial charge >= 0.3 is 12.4 Å². The van der Waals surface area contributed by atoms with Crippen LogP contribution in [0.3, 0.4) is 0 Å². The van der Waals surface area contributed by atoms with E-state index in [2.05, 4.69) is 25.7 Å². The third kappa shape index (κ3) is 5.76. The zero-order chi connectivity index (χ0) is 27.7. The summed E-state index contributed by atoms with van der Waals surface area (Å²) < 4.78 is 41.9. The lowest BCUT2D eigenvalue weighted by atomic mass is 9.94. The van der Waals surface area contributed by atoms with E-state index in [-0.39, 0.29) is 30.5 Å². The Morgan fingerprint density at radius 1 is 1.16 bits per heavy atom. The second-order valence-electron chi connectivity index (χ2n) is 9.04. The zero-order valence-electron chi connectivity index (χ0n) is 20.4. The molecule has 200 valence electrons. The monoisotopic (exact) mass is 531 g/mol. The zero-order valence-corrected chi connectivity index (χ0v) is 20.4. The molecule has 1 saturated heterocycles. The number of urea groups is 1. The van der Waals surface area contributed by atoms with Crippen molar-refractivity contribution < 1.29 is 32.3 Å². The first-order valence-electron chi connectivity index (χ1n) is 11.6. The van der Waals surface area contributed by atoms with Gasteiger partial charge in [0.2, 0.25) is 5.91 Å². The van der Waals surface area contributed by atoms with Crippen molar-refractivity contribution in [2.75, 3.05) is 5.32 Å². The van der Waals surface area contributed by atoms with E-state index in [4.69, 9.17) is 0 Å². The van der Waals surface area contributed by atoms with Crippen LogP contribution in [0.25, 0.3) is 10.9 Å². The molecule has 2 heterocycles. The van der Waals surface area contributed by atoms with Crippen LogP contribution in [-0.2, 0) is 21.7 Å². The summed E-state index contributed by atoms with van der Waals surface area (Å²) in [6.07, 6.45) is -3.93.